The van der Waals surface area contributed by atoms with Crippen LogP contribution in [0.4, 0.5) is 0 Å². The maximum absolute atomic E-state index is 12.5. The van der Waals surface area contributed by atoms with Crippen LogP contribution in [0.25, 0.3) is 0 Å². The van der Waals surface area contributed by atoms with Gasteiger partial charge in [0.2, 0.25) is 0 Å². The zero-order valence-electron chi connectivity index (χ0n) is 16.2. The molecule has 2 aliphatic rings. The third kappa shape index (κ3) is 4.47. The number of allylic oxidation sites excluding steroid dienone is 1. The largest absolute Gasteiger partial charge is 0.458 e. The number of hydrogen-bond donors (Lipinski definition) is 2. The number of aliphatic hydroxyl groups excluding tert-OH is 1. The lowest BCUT2D eigenvalue weighted by atomic mass is 9.77. The molecule has 2 N–H and O–H groups in total. The molecule has 0 amide bonds. The fraction of sp³-hybridized carbons (Fsp3) is 0.650. The van der Waals surface area contributed by atoms with E-state index in [9.17, 15) is 24.6 Å². The standard InChI is InChI=1S/C20H28O7/c1-6-10(2)18(23)27-15-9-20(5,25)16(22)8-13(21)11(3)7-14-17(15)12(4)19(24)26-14/h6,11,13-15,17,21,25H,4,7-9H2,1-3,5H3/b10-6-/t11-,13+,14-,15-,17+,20-/m1/s1. The van der Waals surface area contributed by atoms with Crippen LogP contribution in [-0.2, 0) is 23.9 Å². The van der Waals surface area contributed by atoms with Crippen molar-refractivity contribution in [2.24, 2.45) is 11.8 Å². The topological polar surface area (TPSA) is 110 Å². The first-order valence-electron chi connectivity index (χ1n) is 9.15. The van der Waals surface area contributed by atoms with Crippen molar-refractivity contribution >= 4 is 17.7 Å². The quantitative estimate of drug-likeness (QED) is 0.551. The summed E-state index contributed by atoms with van der Waals surface area (Å²) in [6, 6.07) is 0. The number of Topliss-reactive ketones (excluding diaryl/α,β-unsaturated/α-hetero) is 1. The molecule has 0 radical (unpaired) electrons. The Labute approximate surface area is 159 Å². The van der Waals surface area contributed by atoms with Gasteiger partial charge in [0.15, 0.2) is 5.78 Å². The van der Waals surface area contributed by atoms with Crippen molar-refractivity contribution in [1.82, 2.24) is 0 Å². The van der Waals surface area contributed by atoms with Gasteiger partial charge in [-0.3, -0.25) is 4.79 Å². The second-order valence-corrected chi connectivity index (χ2v) is 7.80. The van der Waals surface area contributed by atoms with Crippen LogP contribution >= 0.6 is 0 Å². The summed E-state index contributed by atoms with van der Waals surface area (Å²) in [5.41, 5.74) is -1.32. The molecular weight excluding hydrogens is 352 g/mol. The number of carbonyl (C=O) groups is 3. The lowest BCUT2D eigenvalue weighted by molar-refractivity contribution is -0.159. The molecule has 0 aromatic rings. The summed E-state index contributed by atoms with van der Waals surface area (Å²) in [6.07, 6.45) is -1.14. The van der Waals surface area contributed by atoms with E-state index in [1.165, 1.54) is 6.92 Å². The number of ether oxygens (including phenoxy) is 2. The van der Waals surface area contributed by atoms with Crippen LogP contribution in [0.2, 0.25) is 0 Å². The molecule has 2 rings (SSSR count). The Balaban J connectivity index is 2.45. The second kappa shape index (κ2) is 7.94. The van der Waals surface area contributed by atoms with Gasteiger partial charge in [-0.1, -0.05) is 19.6 Å². The lowest BCUT2D eigenvalue weighted by Gasteiger charge is -2.35. The summed E-state index contributed by atoms with van der Waals surface area (Å²) in [5, 5.41) is 21.0. The molecule has 1 saturated carbocycles. The van der Waals surface area contributed by atoms with Gasteiger partial charge in [0.05, 0.1) is 12.0 Å². The SMILES string of the molecule is C=C1C(=O)O[C@@H]2C[C@@H](C)[C@@H](O)CC(=O)[C@](C)(O)C[C@@H](OC(=O)/C(C)=C\C)[C@@H]12. The number of hydrogen-bond acceptors (Lipinski definition) is 7. The third-order valence-electron chi connectivity index (χ3n) is 5.59. The summed E-state index contributed by atoms with van der Waals surface area (Å²) >= 11 is 0. The molecule has 2 fully saturated rings. The van der Waals surface area contributed by atoms with Crippen LogP contribution in [-0.4, -0.2) is 51.8 Å². The number of carbonyl (C=O) groups excluding carboxylic acids is 3. The minimum Gasteiger partial charge on any atom is -0.458 e. The average molecular weight is 380 g/mol. The molecule has 0 aromatic heterocycles. The van der Waals surface area contributed by atoms with Gasteiger partial charge in [-0.2, -0.15) is 0 Å². The third-order valence-corrected chi connectivity index (χ3v) is 5.59. The summed E-state index contributed by atoms with van der Waals surface area (Å²) < 4.78 is 11.0. The van der Waals surface area contributed by atoms with E-state index in [0.29, 0.717) is 12.0 Å². The van der Waals surface area contributed by atoms with E-state index in [1.807, 2.05) is 0 Å². The van der Waals surface area contributed by atoms with Gasteiger partial charge in [-0.05, 0) is 33.1 Å². The van der Waals surface area contributed by atoms with E-state index in [2.05, 4.69) is 6.58 Å². The number of ketones is 1. The first-order valence-corrected chi connectivity index (χ1v) is 9.15. The smallest absolute Gasteiger partial charge is 0.334 e. The van der Waals surface area contributed by atoms with Crippen LogP contribution in [0.5, 0.6) is 0 Å². The fourth-order valence-corrected chi connectivity index (χ4v) is 3.54. The molecule has 27 heavy (non-hydrogen) atoms. The van der Waals surface area contributed by atoms with Gasteiger partial charge in [-0.15, -0.1) is 0 Å². The molecule has 7 heteroatoms. The van der Waals surface area contributed by atoms with Crippen molar-refractivity contribution in [3.8, 4) is 0 Å². The predicted molar refractivity (Wildman–Crippen MR) is 96.5 cm³/mol. The molecule has 150 valence electrons. The number of rotatable bonds is 2. The summed E-state index contributed by atoms with van der Waals surface area (Å²) in [5.74, 6) is -2.79. The number of esters is 2. The number of aliphatic hydroxyl groups is 2. The predicted octanol–water partition coefficient (Wildman–Crippen LogP) is 1.46. The highest BCUT2D eigenvalue weighted by Crippen LogP contribution is 2.39. The van der Waals surface area contributed by atoms with Crippen LogP contribution in [0, 0.1) is 11.8 Å². The lowest BCUT2D eigenvalue weighted by Crippen LogP contribution is -2.47. The maximum Gasteiger partial charge on any atom is 0.334 e. The van der Waals surface area contributed by atoms with Crippen molar-refractivity contribution in [2.45, 2.75) is 70.9 Å². The van der Waals surface area contributed by atoms with Crippen LogP contribution in [0.1, 0.15) is 47.0 Å². The van der Waals surface area contributed by atoms with Crippen LogP contribution in [0.3, 0.4) is 0 Å². The molecule has 6 atom stereocenters. The van der Waals surface area contributed by atoms with E-state index in [4.69, 9.17) is 9.47 Å². The van der Waals surface area contributed by atoms with E-state index in [0.717, 1.165) is 0 Å². The molecule has 0 aromatic carbocycles. The molecule has 0 unspecified atom stereocenters. The Morgan fingerprint density at radius 3 is 2.63 bits per heavy atom. The molecule has 7 nitrogen and oxygen atoms in total. The molecule has 0 bridgehead atoms. The summed E-state index contributed by atoms with van der Waals surface area (Å²) in [7, 11) is 0. The van der Waals surface area contributed by atoms with Crippen molar-refractivity contribution < 1.29 is 34.1 Å². The van der Waals surface area contributed by atoms with Gasteiger partial charge in [-0.25, -0.2) is 9.59 Å². The van der Waals surface area contributed by atoms with Gasteiger partial charge in [0.1, 0.15) is 17.8 Å². The molecule has 1 aliphatic heterocycles. The first-order chi connectivity index (χ1) is 12.5. The molecule has 1 saturated heterocycles. The van der Waals surface area contributed by atoms with Crippen molar-refractivity contribution in [3.63, 3.8) is 0 Å². The highest BCUT2D eigenvalue weighted by Gasteiger charge is 2.50. The fourth-order valence-electron chi connectivity index (χ4n) is 3.54. The van der Waals surface area contributed by atoms with Crippen LogP contribution in [0.15, 0.2) is 23.8 Å². The zero-order chi connectivity index (χ0) is 20.5. The monoisotopic (exact) mass is 380 g/mol. The van der Waals surface area contributed by atoms with Crippen molar-refractivity contribution in [1.29, 1.82) is 0 Å². The van der Waals surface area contributed by atoms with E-state index in [1.54, 1.807) is 26.8 Å². The van der Waals surface area contributed by atoms with E-state index in [-0.39, 0.29) is 24.3 Å². The Morgan fingerprint density at radius 2 is 2.04 bits per heavy atom. The van der Waals surface area contributed by atoms with Crippen molar-refractivity contribution in [2.75, 3.05) is 0 Å². The Bertz CT molecular complexity index is 676. The Hall–Kier alpha value is -1.99. The average Bonchev–Trinajstić information content (AvgIpc) is 2.86. The molecule has 1 aliphatic carbocycles. The molecular formula is C20H28O7. The van der Waals surface area contributed by atoms with Gasteiger partial charge in [0.25, 0.3) is 0 Å². The van der Waals surface area contributed by atoms with Crippen molar-refractivity contribution in [3.05, 3.63) is 23.8 Å². The summed E-state index contributed by atoms with van der Waals surface area (Å²) in [6.45, 7) is 10.1. The van der Waals surface area contributed by atoms with E-state index >= 15 is 0 Å². The Kier molecular flexibility index (Phi) is 6.27. The highest BCUT2D eigenvalue weighted by atomic mass is 16.6. The highest BCUT2D eigenvalue weighted by molar-refractivity contribution is 5.92. The second-order valence-electron chi connectivity index (χ2n) is 7.80. The number of fused-ring (bicyclic) bond motifs is 1. The van der Waals surface area contributed by atoms with Gasteiger partial charge in [0, 0.05) is 24.0 Å². The normalized spacial score (nSPS) is 38.2. The zero-order valence-corrected chi connectivity index (χ0v) is 16.2. The van der Waals surface area contributed by atoms with Gasteiger partial charge >= 0.3 is 11.9 Å². The minimum atomic E-state index is -1.83. The maximum atomic E-state index is 12.5. The Morgan fingerprint density at radius 1 is 1.41 bits per heavy atom. The van der Waals surface area contributed by atoms with Gasteiger partial charge < -0.3 is 19.7 Å². The minimum absolute atomic E-state index is 0.140. The molecule has 0 spiro atoms. The molecule has 1 heterocycles. The van der Waals surface area contributed by atoms with E-state index < -0.39 is 47.6 Å². The summed E-state index contributed by atoms with van der Waals surface area (Å²) in [4.78, 5) is 36.9. The van der Waals surface area contributed by atoms with Crippen LogP contribution < -0.4 is 0 Å². The first kappa shape index (κ1) is 21.3.